The minimum absolute atomic E-state index is 0.0344. The third kappa shape index (κ3) is 3.12. The first-order chi connectivity index (χ1) is 11.0. The number of carbonyl (C=O) groups excluding carboxylic acids is 1. The average molecular weight is 315 g/mol. The first-order valence-electron chi connectivity index (χ1n) is 8.16. The van der Waals surface area contributed by atoms with Gasteiger partial charge in [0.2, 0.25) is 0 Å². The summed E-state index contributed by atoms with van der Waals surface area (Å²) in [6.07, 6.45) is 0.0610. The molecule has 124 valence electrons. The predicted octanol–water partition coefficient (Wildman–Crippen LogP) is 1.94. The lowest BCUT2D eigenvalue weighted by Gasteiger charge is -2.19. The van der Waals surface area contributed by atoms with Crippen LogP contribution in [0.4, 0.5) is 0 Å². The summed E-state index contributed by atoms with van der Waals surface area (Å²) < 4.78 is 7.72. The molecule has 1 aromatic heterocycles. The second-order valence-electron chi connectivity index (χ2n) is 6.45. The number of fused-ring (bicyclic) bond motifs is 1. The van der Waals surface area contributed by atoms with Crippen molar-refractivity contribution in [3.8, 4) is 0 Å². The van der Waals surface area contributed by atoms with E-state index in [0.29, 0.717) is 12.3 Å². The first kappa shape index (κ1) is 16.0. The van der Waals surface area contributed by atoms with E-state index in [9.17, 15) is 4.79 Å². The zero-order valence-corrected chi connectivity index (χ0v) is 14.3. The highest BCUT2D eigenvalue weighted by molar-refractivity contribution is 5.99. The van der Waals surface area contributed by atoms with Crippen molar-refractivity contribution in [3.63, 3.8) is 0 Å². The molecule has 1 N–H and O–H groups in total. The smallest absolute Gasteiger partial charge is 0.268 e. The Morgan fingerprint density at radius 1 is 1.30 bits per heavy atom. The van der Waals surface area contributed by atoms with Crippen LogP contribution in [-0.2, 0) is 11.8 Å². The molecule has 0 radical (unpaired) electrons. The number of nitrogens with zero attached hydrogens (tertiary/aromatic N) is 2. The van der Waals surface area contributed by atoms with Crippen molar-refractivity contribution in [2.75, 3.05) is 26.7 Å². The largest absolute Gasteiger partial charge is 0.375 e. The second-order valence-corrected chi connectivity index (χ2v) is 6.45. The van der Waals surface area contributed by atoms with Crippen molar-refractivity contribution in [2.24, 2.45) is 7.05 Å². The van der Waals surface area contributed by atoms with Crippen LogP contribution >= 0.6 is 0 Å². The summed E-state index contributed by atoms with van der Waals surface area (Å²) in [5.74, 6) is -0.0358. The highest BCUT2D eigenvalue weighted by atomic mass is 16.5. The van der Waals surface area contributed by atoms with Gasteiger partial charge in [-0.3, -0.25) is 4.79 Å². The fourth-order valence-corrected chi connectivity index (χ4v) is 3.41. The van der Waals surface area contributed by atoms with Crippen LogP contribution in [0, 0.1) is 6.92 Å². The Morgan fingerprint density at radius 2 is 2.09 bits per heavy atom. The lowest BCUT2D eigenvalue weighted by Crippen LogP contribution is -2.44. The molecule has 23 heavy (non-hydrogen) atoms. The summed E-state index contributed by atoms with van der Waals surface area (Å²) in [4.78, 5) is 14.9. The van der Waals surface area contributed by atoms with Gasteiger partial charge in [-0.25, -0.2) is 0 Å². The van der Waals surface area contributed by atoms with Gasteiger partial charge in [0, 0.05) is 37.6 Å². The fourth-order valence-electron chi connectivity index (χ4n) is 3.41. The Hall–Kier alpha value is -1.85. The summed E-state index contributed by atoms with van der Waals surface area (Å²) in [6.45, 7) is 6.39. The molecule has 1 saturated heterocycles. The van der Waals surface area contributed by atoms with Gasteiger partial charge in [-0.05, 0) is 39.1 Å². The number of hydrogen-bond acceptors (Lipinski definition) is 3. The van der Waals surface area contributed by atoms with Crippen molar-refractivity contribution in [2.45, 2.75) is 26.0 Å². The van der Waals surface area contributed by atoms with Gasteiger partial charge in [0.15, 0.2) is 0 Å². The third-order valence-corrected chi connectivity index (χ3v) is 4.58. The number of ether oxygens (including phenoxy) is 1. The topological polar surface area (TPSA) is 46.5 Å². The van der Waals surface area contributed by atoms with Gasteiger partial charge in [0.25, 0.3) is 5.91 Å². The van der Waals surface area contributed by atoms with Gasteiger partial charge in [-0.1, -0.05) is 11.6 Å². The molecule has 5 nitrogen and oxygen atoms in total. The van der Waals surface area contributed by atoms with Gasteiger partial charge in [-0.2, -0.15) is 0 Å². The number of amides is 1. The van der Waals surface area contributed by atoms with Gasteiger partial charge < -0.3 is 19.5 Å². The van der Waals surface area contributed by atoms with Crippen LogP contribution in [0.2, 0.25) is 0 Å². The molecular weight excluding hydrogens is 290 g/mol. The van der Waals surface area contributed by atoms with Crippen molar-refractivity contribution in [1.29, 1.82) is 0 Å². The van der Waals surface area contributed by atoms with Crippen molar-refractivity contribution in [3.05, 3.63) is 35.5 Å². The number of hydrogen-bond donors (Lipinski definition) is 1. The van der Waals surface area contributed by atoms with E-state index in [-0.39, 0.29) is 18.1 Å². The zero-order chi connectivity index (χ0) is 16.6. The quantitative estimate of drug-likeness (QED) is 0.938. The van der Waals surface area contributed by atoms with E-state index in [1.165, 1.54) is 5.56 Å². The lowest BCUT2D eigenvalue weighted by atomic mass is 10.2. The summed E-state index contributed by atoms with van der Waals surface area (Å²) >= 11 is 0. The Morgan fingerprint density at radius 3 is 2.83 bits per heavy atom. The number of likely N-dealkylation sites (N-methyl/N-ethyl adjacent to an activating group) is 1. The Balaban J connectivity index is 1.82. The predicted molar refractivity (Wildman–Crippen MR) is 91.8 cm³/mol. The summed E-state index contributed by atoms with van der Waals surface area (Å²) in [5, 5.41) is 4.25. The van der Waals surface area contributed by atoms with Gasteiger partial charge in [-0.15, -0.1) is 0 Å². The number of benzene rings is 1. The highest BCUT2D eigenvalue weighted by Gasteiger charge is 2.33. The summed E-state index contributed by atoms with van der Waals surface area (Å²) in [5.41, 5.74) is 2.96. The van der Waals surface area contributed by atoms with Crippen LogP contribution in [0.1, 0.15) is 23.0 Å². The molecule has 1 amide bonds. The molecule has 2 aromatic rings. The molecule has 0 bridgehead atoms. The van der Waals surface area contributed by atoms with Crippen molar-refractivity contribution < 1.29 is 9.53 Å². The van der Waals surface area contributed by atoms with Gasteiger partial charge in [0.1, 0.15) is 5.69 Å². The summed E-state index contributed by atoms with van der Waals surface area (Å²) in [7, 11) is 3.99. The van der Waals surface area contributed by atoms with Gasteiger partial charge in [0.05, 0.1) is 12.1 Å². The minimum Gasteiger partial charge on any atom is -0.375 e. The molecular formula is C18H25N3O2. The monoisotopic (exact) mass is 315 g/mol. The van der Waals surface area contributed by atoms with E-state index in [1.54, 1.807) is 0 Å². The molecule has 1 fully saturated rings. The maximum Gasteiger partial charge on any atom is 0.268 e. The van der Waals surface area contributed by atoms with Crippen LogP contribution in [0.25, 0.3) is 10.9 Å². The SMILES string of the molecule is CCO[C@H]1CN(C)C[C@@H]1NC(=O)c1cc2cc(C)ccc2n1C. The van der Waals surface area contributed by atoms with Crippen LogP contribution < -0.4 is 5.32 Å². The van der Waals surface area contributed by atoms with E-state index in [4.69, 9.17) is 4.74 Å². The van der Waals surface area contributed by atoms with Gasteiger partial charge >= 0.3 is 0 Å². The standard InChI is InChI=1S/C18H25N3O2/c1-5-23-17-11-20(3)10-14(17)19-18(22)16-9-13-8-12(2)6-7-15(13)21(16)4/h6-9,14,17H,5,10-11H2,1-4H3,(H,19,22)/t14-,17-/m0/s1. The fraction of sp³-hybridized carbons (Fsp3) is 0.500. The van der Waals surface area contributed by atoms with Crippen molar-refractivity contribution in [1.82, 2.24) is 14.8 Å². The summed E-state index contributed by atoms with van der Waals surface area (Å²) in [6, 6.07) is 8.24. The Bertz CT molecular complexity index is 722. The Kier molecular flexibility index (Phi) is 4.41. The molecule has 0 spiro atoms. The van der Waals surface area contributed by atoms with Crippen LogP contribution in [0.3, 0.4) is 0 Å². The lowest BCUT2D eigenvalue weighted by molar-refractivity contribution is 0.0511. The molecule has 1 aliphatic heterocycles. The average Bonchev–Trinajstić information content (AvgIpc) is 3.00. The van der Waals surface area contributed by atoms with Crippen LogP contribution in [0.15, 0.2) is 24.3 Å². The van der Waals surface area contributed by atoms with Crippen LogP contribution in [-0.4, -0.2) is 54.3 Å². The number of carbonyl (C=O) groups is 1. The second kappa shape index (κ2) is 6.34. The number of aromatic nitrogens is 1. The number of nitrogens with one attached hydrogen (secondary N) is 1. The maximum absolute atomic E-state index is 12.7. The maximum atomic E-state index is 12.7. The van der Waals surface area contributed by atoms with Crippen molar-refractivity contribution >= 4 is 16.8 Å². The Labute approximate surface area is 137 Å². The molecule has 1 aliphatic rings. The van der Waals surface area contributed by atoms with E-state index >= 15 is 0 Å². The molecule has 0 saturated carbocycles. The first-order valence-corrected chi connectivity index (χ1v) is 8.16. The number of likely N-dealkylation sites (tertiary alicyclic amines) is 1. The highest BCUT2D eigenvalue weighted by Crippen LogP contribution is 2.21. The molecule has 3 rings (SSSR count). The molecule has 2 heterocycles. The van der Waals surface area contributed by atoms with E-state index in [2.05, 4.69) is 42.4 Å². The molecule has 0 aliphatic carbocycles. The zero-order valence-electron chi connectivity index (χ0n) is 14.3. The number of aryl methyl sites for hydroxylation is 2. The van der Waals surface area contributed by atoms with Crippen LogP contribution in [0.5, 0.6) is 0 Å². The minimum atomic E-state index is -0.0358. The third-order valence-electron chi connectivity index (χ3n) is 4.58. The van der Waals surface area contributed by atoms with E-state index in [1.807, 2.05) is 24.6 Å². The molecule has 1 aromatic carbocycles. The molecule has 0 unspecified atom stereocenters. The van der Waals surface area contributed by atoms with E-state index in [0.717, 1.165) is 24.0 Å². The number of rotatable bonds is 4. The normalized spacial score (nSPS) is 21.9. The molecule has 2 atom stereocenters. The van der Waals surface area contributed by atoms with E-state index < -0.39 is 0 Å². The molecule has 5 heteroatoms.